The van der Waals surface area contributed by atoms with Crippen LogP contribution < -0.4 is 5.32 Å². The maximum atomic E-state index is 12.1. The van der Waals surface area contributed by atoms with Gasteiger partial charge in [-0.05, 0) is 12.3 Å². The van der Waals surface area contributed by atoms with Crippen LogP contribution in [0.25, 0.3) is 10.6 Å². The molecule has 1 aromatic heterocycles. The van der Waals surface area contributed by atoms with Crippen molar-refractivity contribution in [2.45, 2.75) is 31.7 Å². The maximum absolute atomic E-state index is 12.1. The second-order valence-corrected chi connectivity index (χ2v) is 6.68. The van der Waals surface area contributed by atoms with Gasteiger partial charge in [0.25, 0.3) is 0 Å². The topological polar surface area (TPSA) is 79.3 Å². The van der Waals surface area contributed by atoms with Crippen molar-refractivity contribution in [1.29, 1.82) is 0 Å². The number of carbonyl (C=O) groups excluding carboxylic acids is 1. The third-order valence-corrected chi connectivity index (χ3v) is 4.75. The van der Waals surface area contributed by atoms with E-state index in [1.165, 1.54) is 11.3 Å². The first kappa shape index (κ1) is 15.7. The van der Waals surface area contributed by atoms with Crippen LogP contribution in [0.15, 0.2) is 35.7 Å². The minimum atomic E-state index is -0.964. The summed E-state index contributed by atoms with van der Waals surface area (Å²) >= 11 is 1.48. The lowest BCUT2D eigenvalue weighted by Crippen LogP contribution is -2.41. The normalized spacial score (nSPS) is 15.1. The summed E-state index contributed by atoms with van der Waals surface area (Å²) in [4.78, 5) is 27.7. The van der Waals surface area contributed by atoms with Crippen LogP contribution in [0.3, 0.4) is 0 Å². The van der Waals surface area contributed by atoms with Crippen LogP contribution in [-0.2, 0) is 16.0 Å². The highest BCUT2D eigenvalue weighted by molar-refractivity contribution is 7.13. The van der Waals surface area contributed by atoms with Crippen LogP contribution in [-0.4, -0.2) is 28.0 Å². The summed E-state index contributed by atoms with van der Waals surface area (Å²) in [6.45, 7) is 0. The van der Waals surface area contributed by atoms with Crippen LogP contribution in [0.4, 0.5) is 0 Å². The van der Waals surface area contributed by atoms with Gasteiger partial charge in [-0.15, -0.1) is 11.3 Å². The van der Waals surface area contributed by atoms with Crippen molar-refractivity contribution >= 4 is 23.2 Å². The summed E-state index contributed by atoms with van der Waals surface area (Å²) in [5.41, 5.74) is 1.68. The van der Waals surface area contributed by atoms with Crippen LogP contribution in [0.5, 0.6) is 0 Å². The Kier molecular flexibility index (Phi) is 4.71. The molecule has 0 bridgehead atoms. The number of carboxylic acids is 1. The minimum absolute atomic E-state index is 0.109. The molecule has 1 atom stereocenters. The molecule has 3 rings (SSSR count). The molecule has 0 aliphatic heterocycles. The number of nitrogens with one attached hydrogen (secondary N) is 1. The number of aromatic nitrogens is 1. The Balaban J connectivity index is 1.59. The van der Waals surface area contributed by atoms with Gasteiger partial charge in [0.15, 0.2) is 0 Å². The van der Waals surface area contributed by atoms with Crippen molar-refractivity contribution in [1.82, 2.24) is 10.3 Å². The Bertz CT molecular complexity index is 695. The van der Waals surface area contributed by atoms with Crippen molar-refractivity contribution < 1.29 is 14.7 Å². The Morgan fingerprint density at radius 2 is 2.04 bits per heavy atom. The molecular weight excluding hydrogens is 312 g/mol. The average molecular weight is 330 g/mol. The van der Waals surface area contributed by atoms with E-state index in [4.69, 9.17) is 0 Å². The highest BCUT2D eigenvalue weighted by Gasteiger charge is 2.30. The van der Waals surface area contributed by atoms with Crippen LogP contribution >= 0.6 is 11.3 Å². The molecule has 2 N–H and O–H groups in total. The number of rotatable bonds is 7. The second kappa shape index (κ2) is 6.91. The largest absolute Gasteiger partial charge is 0.480 e. The summed E-state index contributed by atoms with van der Waals surface area (Å²) in [5.74, 6) is -0.809. The zero-order valence-electron chi connectivity index (χ0n) is 12.6. The predicted octanol–water partition coefficient (Wildman–Crippen LogP) is 2.72. The quantitative estimate of drug-likeness (QED) is 0.818. The number of thiazole rings is 1. The van der Waals surface area contributed by atoms with Gasteiger partial charge in [-0.2, -0.15) is 0 Å². The molecular formula is C17H18N2O3S. The lowest BCUT2D eigenvalue weighted by molar-refractivity contribution is -0.142. The number of hydrogen-bond donors (Lipinski definition) is 2. The van der Waals surface area contributed by atoms with Crippen molar-refractivity contribution in [2.75, 3.05) is 0 Å². The molecule has 1 aliphatic rings. The Morgan fingerprint density at radius 3 is 2.70 bits per heavy atom. The summed E-state index contributed by atoms with van der Waals surface area (Å²) < 4.78 is 0. The van der Waals surface area contributed by atoms with Crippen LogP contribution in [0.1, 0.15) is 25.0 Å². The van der Waals surface area contributed by atoms with Gasteiger partial charge in [0.05, 0.1) is 12.1 Å². The number of amides is 1. The molecule has 1 amide bonds. The van der Waals surface area contributed by atoms with Gasteiger partial charge in [-0.3, -0.25) is 4.79 Å². The highest BCUT2D eigenvalue weighted by Crippen LogP contribution is 2.33. The first-order valence-electron chi connectivity index (χ1n) is 7.64. The van der Waals surface area contributed by atoms with E-state index in [0.29, 0.717) is 18.0 Å². The minimum Gasteiger partial charge on any atom is -0.480 e. The number of aliphatic carboxylic acids is 1. The zero-order chi connectivity index (χ0) is 16.2. The zero-order valence-corrected chi connectivity index (χ0v) is 13.4. The average Bonchev–Trinajstić information content (AvgIpc) is 3.24. The number of carboxylic acid groups (broad SMARTS) is 1. The third-order valence-electron chi connectivity index (χ3n) is 3.81. The fourth-order valence-corrected chi connectivity index (χ4v) is 3.25. The summed E-state index contributed by atoms with van der Waals surface area (Å²) in [7, 11) is 0. The van der Waals surface area contributed by atoms with Gasteiger partial charge in [0, 0.05) is 10.9 Å². The van der Waals surface area contributed by atoms with Crippen LogP contribution in [0, 0.1) is 5.92 Å². The Labute approximate surface area is 138 Å². The smallest absolute Gasteiger partial charge is 0.326 e. The molecule has 6 heteroatoms. The molecule has 1 saturated carbocycles. The van der Waals surface area contributed by atoms with Gasteiger partial charge >= 0.3 is 5.97 Å². The van der Waals surface area contributed by atoms with E-state index in [0.717, 1.165) is 23.4 Å². The summed E-state index contributed by atoms with van der Waals surface area (Å²) in [6.07, 6.45) is 2.75. The standard InChI is InChI=1S/C17H18N2O3S/c20-15(19-14(17(21)22)8-11-6-7-11)9-13-10-23-16(18-13)12-4-2-1-3-5-12/h1-5,10-11,14H,6-9H2,(H,19,20)(H,21,22). The molecule has 1 heterocycles. The number of nitrogens with zero attached hydrogens (tertiary/aromatic N) is 1. The summed E-state index contributed by atoms with van der Waals surface area (Å²) in [5, 5.41) is 14.5. The summed E-state index contributed by atoms with van der Waals surface area (Å²) in [6, 6.07) is 8.98. The third kappa shape index (κ3) is 4.39. The van der Waals surface area contributed by atoms with Crippen molar-refractivity contribution in [3.05, 3.63) is 41.4 Å². The molecule has 1 fully saturated rings. The SMILES string of the molecule is O=C(Cc1csc(-c2ccccc2)n1)NC(CC1CC1)C(=O)O. The predicted molar refractivity (Wildman–Crippen MR) is 88.2 cm³/mol. The van der Waals surface area contributed by atoms with Gasteiger partial charge in [0.1, 0.15) is 11.0 Å². The molecule has 1 aliphatic carbocycles. The van der Waals surface area contributed by atoms with E-state index >= 15 is 0 Å². The van der Waals surface area contributed by atoms with Crippen molar-refractivity contribution in [3.63, 3.8) is 0 Å². The first-order valence-corrected chi connectivity index (χ1v) is 8.52. The lowest BCUT2D eigenvalue weighted by atomic mass is 10.1. The van der Waals surface area contributed by atoms with Crippen LogP contribution in [0.2, 0.25) is 0 Å². The molecule has 2 aromatic rings. The van der Waals surface area contributed by atoms with E-state index in [1.807, 2.05) is 35.7 Å². The maximum Gasteiger partial charge on any atom is 0.326 e. The molecule has 120 valence electrons. The highest BCUT2D eigenvalue weighted by atomic mass is 32.1. The number of carbonyl (C=O) groups is 2. The molecule has 23 heavy (non-hydrogen) atoms. The van der Waals surface area contributed by atoms with E-state index in [9.17, 15) is 14.7 Å². The van der Waals surface area contributed by atoms with Gasteiger partial charge in [-0.25, -0.2) is 9.78 Å². The number of hydrogen-bond acceptors (Lipinski definition) is 4. The fourth-order valence-electron chi connectivity index (χ4n) is 2.42. The number of benzene rings is 1. The molecule has 1 unspecified atom stereocenters. The van der Waals surface area contributed by atoms with Gasteiger partial charge < -0.3 is 10.4 Å². The molecule has 0 radical (unpaired) electrons. The van der Waals surface area contributed by atoms with E-state index in [-0.39, 0.29) is 12.3 Å². The fraction of sp³-hybridized carbons (Fsp3) is 0.353. The van der Waals surface area contributed by atoms with E-state index in [1.54, 1.807) is 0 Å². The second-order valence-electron chi connectivity index (χ2n) is 5.82. The monoisotopic (exact) mass is 330 g/mol. The van der Waals surface area contributed by atoms with E-state index < -0.39 is 12.0 Å². The molecule has 0 saturated heterocycles. The van der Waals surface area contributed by atoms with Crippen molar-refractivity contribution in [2.24, 2.45) is 5.92 Å². The Morgan fingerprint density at radius 1 is 1.30 bits per heavy atom. The lowest BCUT2D eigenvalue weighted by Gasteiger charge is -2.13. The molecule has 0 spiro atoms. The Hall–Kier alpha value is -2.21. The van der Waals surface area contributed by atoms with Gasteiger partial charge in [0.2, 0.25) is 5.91 Å². The van der Waals surface area contributed by atoms with Crippen molar-refractivity contribution in [3.8, 4) is 10.6 Å². The first-order chi connectivity index (χ1) is 11.1. The van der Waals surface area contributed by atoms with Gasteiger partial charge in [-0.1, -0.05) is 43.2 Å². The molecule has 5 nitrogen and oxygen atoms in total. The molecule has 1 aromatic carbocycles. The van der Waals surface area contributed by atoms with E-state index in [2.05, 4.69) is 10.3 Å².